The first-order chi connectivity index (χ1) is 13.2. The van der Waals surface area contributed by atoms with Crippen LogP contribution in [0.4, 0.5) is 11.4 Å². The monoisotopic (exact) mass is 401 g/mol. The topological polar surface area (TPSA) is 69.7 Å². The van der Waals surface area contributed by atoms with Crippen LogP contribution in [0.25, 0.3) is 0 Å². The molecule has 0 bridgehead atoms. The molecule has 0 saturated carbocycles. The molecule has 1 aliphatic rings. The van der Waals surface area contributed by atoms with E-state index >= 15 is 0 Å². The molecule has 7 heteroatoms. The lowest BCUT2D eigenvalue weighted by atomic mass is 10.1. The number of hydrogen-bond donors (Lipinski definition) is 1. The van der Waals surface area contributed by atoms with Crippen molar-refractivity contribution in [2.24, 2.45) is 0 Å². The number of benzene rings is 2. The van der Waals surface area contributed by atoms with Crippen LogP contribution in [0.5, 0.6) is 0 Å². The summed E-state index contributed by atoms with van der Waals surface area (Å²) < 4.78 is 25.6. The van der Waals surface area contributed by atoms with Gasteiger partial charge in [0, 0.05) is 37.9 Å². The number of carbonyl (C=O) groups is 1. The Morgan fingerprint density at radius 1 is 1.14 bits per heavy atom. The highest BCUT2D eigenvalue weighted by Gasteiger charge is 2.19. The van der Waals surface area contributed by atoms with Gasteiger partial charge in [-0.2, -0.15) is 0 Å². The highest BCUT2D eigenvalue weighted by molar-refractivity contribution is 7.92. The summed E-state index contributed by atoms with van der Waals surface area (Å²) in [6, 6.07) is 13.3. The second-order valence-electron chi connectivity index (χ2n) is 7.39. The van der Waals surface area contributed by atoms with Crippen LogP contribution in [0, 0.1) is 6.92 Å². The molecule has 0 aliphatic carbocycles. The van der Waals surface area contributed by atoms with Crippen LogP contribution < -0.4 is 9.62 Å². The van der Waals surface area contributed by atoms with Crippen molar-refractivity contribution >= 4 is 27.3 Å². The fourth-order valence-electron chi connectivity index (χ4n) is 3.52. The van der Waals surface area contributed by atoms with Crippen molar-refractivity contribution in [2.45, 2.75) is 26.3 Å². The van der Waals surface area contributed by atoms with Crippen LogP contribution in [0.2, 0.25) is 0 Å². The minimum Gasteiger partial charge on any atom is -0.371 e. The highest BCUT2D eigenvalue weighted by Crippen LogP contribution is 2.26. The fourth-order valence-corrected chi connectivity index (χ4v) is 4.14. The molecule has 1 heterocycles. The number of sulfonamides is 1. The maximum atomic E-state index is 12.9. The van der Waals surface area contributed by atoms with Crippen molar-refractivity contribution in [1.29, 1.82) is 0 Å². The predicted octanol–water partition coefficient (Wildman–Crippen LogP) is 3.24. The first kappa shape index (κ1) is 20.2. The van der Waals surface area contributed by atoms with Crippen molar-refractivity contribution in [1.82, 2.24) is 4.90 Å². The molecule has 3 rings (SSSR count). The molecule has 1 N–H and O–H groups in total. The van der Waals surface area contributed by atoms with E-state index in [1.54, 1.807) is 37.1 Å². The minimum absolute atomic E-state index is 0.146. The molecule has 1 saturated heterocycles. The largest absolute Gasteiger partial charge is 0.371 e. The van der Waals surface area contributed by atoms with Gasteiger partial charge < -0.3 is 9.80 Å². The quantitative estimate of drug-likeness (QED) is 0.807. The van der Waals surface area contributed by atoms with Crippen LogP contribution in [0.1, 0.15) is 34.3 Å². The molecule has 1 amide bonds. The van der Waals surface area contributed by atoms with E-state index < -0.39 is 10.0 Å². The maximum Gasteiger partial charge on any atom is 0.253 e. The molecule has 150 valence electrons. The summed E-state index contributed by atoms with van der Waals surface area (Å²) in [6.07, 6.45) is 3.49. The van der Waals surface area contributed by atoms with Crippen molar-refractivity contribution in [3.8, 4) is 0 Å². The Kier molecular flexibility index (Phi) is 5.93. The average molecular weight is 402 g/mol. The van der Waals surface area contributed by atoms with Gasteiger partial charge in [-0.3, -0.25) is 9.52 Å². The summed E-state index contributed by atoms with van der Waals surface area (Å²) >= 11 is 0. The second kappa shape index (κ2) is 8.22. The number of anilines is 2. The van der Waals surface area contributed by atoms with Gasteiger partial charge in [0.15, 0.2) is 0 Å². The number of para-hydroxylation sites is 1. The van der Waals surface area contributed by atoms with Crippen molar-refractivity contribution in [2.75, 3.05) is 36.0 Å². The van der Waals surface area contributed by atoms with Crippen LogP contribution >= 0.6 is 0 Å². The van der Waals surface area contributed by atoms with Crippen LogP contribution in [-0.4, -0.2) is 45.6 Å². The number of rotatable bonds is 6. The van der Waals surface area contributed by atoms with Crippen molar-refractivity contribution < 1.29 is 13.2 Å². The van der Waals surface area contributed by atoms with Gasteiger partial charge in [0.05, 0.1) is 11.9 Å². The summed E-state index contributed by atoms with van der Waals surface area (Å²) in [7, 11) is -1.64. The van der Waals surface area contributed by atoms with E-state index in [-0.39, 0.29) is 5.91 Å². The molecule has 0 radical (unpaired) electrons. The van der Waals surface area contributed by atoms with E-state index in [0.717, 1.165) is 30.5 Å². The number of nitrogens with one attached hydrogen (secondary N) is 1. The van der Waals surface area contributed by atoms with E-state index in [0.29, 0.717) is 17.8 Å². The van der Waals surface area contributed by atoms with Crippen LogP contribution in [0.3, 0.4) is 0 Å². The zero-order valence-corrected chi connectivity index (χ0v) is 17.4. The first-order valence-corrected chi connectivity index (χ1v) is 11.3. The molecule has 0 unspecified atom stereocenters. The molecular weight excluding hydrogens is 374 g/mol. The lowest BCUT2D eigenvalue weighted by molar-refractivity contribution is 0.0785. The van der Waals surface area contributed by atoms with Crippen LogP contribution in [0.15, 0.2) is 42.5 Å². The van der Waals surface area contributed by atoms with E-state index in [4.69, 9.17) is 0 Å². The van der Waals surface area contributed by atoms with Gasteiger partial charge in [-0.25, -0.2) is 8.42 Å². The first-order valence-electron chi connectivity index (χ1n) is 9.41. The molecule has 6 nitrogen and oxygen atoms in total. The highest BCUT2D eigenvalue weighted by atomic mass is 32.2. The molecule has 0 atom stereocenters. The lowest BCUT2D eigenvalue weighted by Crippen LogP contribution is -2.28. The Bertz CT molecular complexity index is 967. The number of aryl methyl sites for hydroxylation is 1. The Morgan fingerprint density at radius 2 is 1.82 bits per heavy atom. The summed E-state index contributed by atoms with van der Waals surface area (Å²) in [4.78, 5) is 17.0. The number of nitrogens with zero attached hydrogens (tertiary/aromatic N) is 2. The van der Waals surface area contributed by atoms with E-state index in [9.17, 15) is 13.2 Å². The van der Waals surface area contributed by atoms with Gasteiger partial charge in [-0.15, -0.1) is 0 Å². The number of hydrogen-bond acceptors (Lipinski definition) is 4. The molecule has 2 aromatic carbocycles. The third-order valence-corrected chi connectivity index (χ3v) is 5.56. The Balaban J connectivity index is 1.80. The smallest absolute Gasteiger partial charge is 0.253 e. The SMILES string of the molecule is Cc1ccc(C(=O)N(C)Cc2ccccc2N2CCCC2)cc1NS(C)(=O)=O. The molecule has 1 aliphatic heterocycles. The summed E-state index contributed by atoms with van der Waals surface area (Å²) in [5.41, 5.74) is 3.95. The van der Waals surface area contributed by atoms with Gasteiger partial charge in [0.1, 0.15) is 0 Å². The summed E-state index contributed by atoms with van der Waals surface area (Å²) in [6.45, 7) is 4.40. The zero-order chi connectivity index (χ0) is 20.3. The summed E-state index contributed by atoms with van der Waals surface area (Å²) in [5, 5.41) is 0. The summed E-state index contributed by atoms with van der Waals surface area (Å²) in [5.74, 6) is -0.146. The van der Waals surface area contributed by atoms with E-state index in [1.807, 2.05) is 12.1 Å². The Hall–Kier alpha value is -2.54. The van der Waals surface area contributed by atoms with Gasteiger partial charge in [-0.05, 0) is 49.1 Å². The fraction of sp³-hybridized carbons (Fsp3) is 0.381. The molecular formula is C21H27N3O3S. The Morgan fingerprint density at radius 3 is 2.50 bits per heavy atom. The number of amides is 1. The maximum absolute atomic E-state index is 12.9. The van der Waals surface area contributed by atoms with Gasteiger partial charge in [0.25, 0.3) is 5.91 Å². The van der Waals surface area contributed by atoms with Gasteiger partial charge >= 0.3 is 0 Å². The molecule has 28 heavy (non-hydrogen) atoms. The van der Waals surface area contributed by atoms with Crippen molar-refractivity contribution in [3.63, 3.8) is 0 Å². The average Bonchev–Trinajstić information content (AvgIpc) is 3.17. The second-order valence-corrected chi connectivity index (χ2v) is 9.14. The third-order valence-electron chi connectivity index (χ3n) is 4.97. The molecule has 2 aromatic rings. The van der Waals surface area contributed by atoms with Crippen LogP contribution in [-0.2, 0) is 16.6 Å². The minimum atomic E-state index is -3.41. The molecule has 0 aromatic heterocycles. The standard InChI is InChI=1S/C21H27N3O3S/c1-16-10-11-17(14-19(16)22-28(3,26)27)21(25)23(2)15-18-8-4-5-9-20(18)24-12-6-7-13-24/h4-5,8-11,14,22H,6-7,12-13,15H2,1-3H3. The lowest BCUT2D eigenvalue weighted by Gasteiger charge is -2.24. The predicted molar refractivity (Wildman–Crippen MR) is 113 cm³/mol. The molecule has 1 fully saturated rings. The third kappa shape index (κ3) is 4.84. The van der Waals surface area contributed by atoms with Crippen molar-refractivity contribution in [3.05, 3.63) is 59.2 Å². The zero-order valence-electron chi connectivity index (χ0n) is 16.6. The van der Waals surface area contributed by atoms with E-state index in [2.05, 4.69) is 21.8 Å². The Labute approximate surface area is 167 Å². The van der Waals surface area contributed by atoms with Gasteiger partial charge in [0.2, 0.25) is 10.0 Å². The normalized spacial score (nSPS) is 14.2. The van der Waals surface area contributed by atoms with E-state index in [1.165, 1.54) is 18.5 Å². The number of carbonyl (C=O) groups excluding carboxylic acids is 1. The molecule has 0 spiro atoms. The van der Waals surface area contributed by atoms with Gasteiger partial charge in [-0.1, -0.05) is 24.3 Å².